The molecule has 0 aliphatic heterocycles. The van der Waals surface area contributed by atoms with Crippen molar-refractivity contribution in [1.82, 2.24) is 5.32 Å². The summed E-state index contributed by atoms with van der Waals surface area (Å²) in [4.78, 5) is 13.5. The molecule has 3 nitrogen and oxygen atoms in total. The van der Waals surface area contributed by atoms with Crippen molar-refractivity contribution in [2.24, 2.45) is 0 Å². The lowest BCUT2D eigenvalue weighted by molar-refractivity contribution is 0.0931. The summed E-state index contributed by atoms with van der Waals surface area (Å²) in [6.45, 7) is 9.22. The molecule has 4 heteroatoms. The molecule has 0 saturated heterocycles. The molecule has 0 aromatic carbocycles. The summed E-state index contributed by atoms with van der Waals surface area (Å²) in [7, 11) is 0. The Bertz CT molecular complexity index is 371. The van der Waals surface area contributed by atoms with Crippen molar-refractivity contribution >= 4 is 17.2 Å². The molecule has 1 heterocycles. The number of hydrogen-bond donors (Lipinski definition) is 1. The van der Waals surface area contributed by atoms with Crippen LogP contribution in [0.25, 0.3) is 0 Å². The Morgan fingerprint density at radius 1 is 1.56 bits per heavy atom. The summed E-state index contributed by atoms with van der Waals surface area (Å²) in [5.41, 5.74) is 0.986. The lowest BCUT2D eigenvalue weighted by Gasteiger charge is -2.04. The molecule has 0 radical (unpaired) electrons. The lowest BCUT2D eigenvalue weighted by atomic mass is 10.4. The zero-order valence-electron chi connectivity index (χ0n) is 9.71. The predicted molar refractivity (Wildman–Crippen MR) is 67.0 cm³/mol. The number of carbonyl (C=O) groups is 1. The predicted octanol–water partition coefficient (Wildman–Crippen LogP) is 2.38. The Labute approximate surface area is 100 Å². The van der Waals surface area contributed by atoms with Crippen LogP contribution in [0.5, 0.6) is 0 Å². The molecular weight excluding hydrogens is 222 g/mol. The number of hydrogen-bond acceptors (Lipinski definition) is 3. The summed E-state index contributed by atoms with van der Waals surface area (Å²) in [5, 5.41) is 2.80. The van der Waals surface area contributed by atoms with E-state index in [1.54, 1.807) is 0 Å². The summed E-state index contributed by atoms with van der Waals surface area (Å²) in [5.74, 6) is -0.0305. The van der Waals surface area contributed by atoms with Crippen LogP contribution >= 0.6 is 11.3 Å². The molecule has 1 aromatic heterocycles. The summed E-state index contributed by atoms with van der Waals surface area (Å²) in [6.07, 6.45) is 0. The molecule has 0 saturated carbocycles. The van der Waals surface area contributed by atoms with Crippen LogP contribution in [-0.2, 0) is 4.74 Å². The minimum atomic E-state index is -0.0305. The zero-order valence-corrected chi connectivity index (χ0v) is 10.5. The van der Waals surface area contributed by atoms with Crippen molar-refractivity contribution in [3.05, 3.63) is 34.0 Å². The minimum Gasteiger partial charge on any atom is -0.375 e. The number of ether oxygens (including phenoxy) is 1. The first-order valence-corrected chi connectivity index (χ1v) is 5.98. The van der Waals surface area contributed by atoms with Gasteiger partial charge in [0.15, 0.2) is 0 Å². The Balaban J connectivity index is 2.18. The van der Waals surface area contributed by atoms with Gasteiger partial charge in [0.2, 0.25) is 0 Å². The van der Waals surface area contributed by atoms with Crippen molar-refractivity contribution in [2.75, 3.05) is 19.8 Å². The number of amides is 1. The van der Waals surface area contributed by atoms with Crippen molar-refractivity contribution in [2.45, 2.75) is 13.8 Å². The van der Waals surface area contributed by atoms with Gasteiger partial charge in [-0.15, -0.1) is 11.3 Å². The largest absolute Gasteiger partial charge is 0.375 e. The Kier molecular flexibility index (Phi) is 5.22. The van der Waals surface area contributed by atoms with Crippen LogP contribution in [0.2, 0.25) is 0 Å². The molecular formula is C12H17NO2S. The number of rotatable bonds is 6. The molecule has 88 valence electrons. The van der Waals surface area contributed by atoms with Crippen molar-refractivity contribution in [3.63, 3.8) is 0 Å². The highest BCUT2D eigenvalue weighted by molar-refractivity contribution is 7.13. The van der Waals surface area contributed by atoms with Gasteiger partial charge in [0.05, 0.1) is 18.1 Å². The van der Waals surface area contributed by atoms with Crippen LogP contribution in [0.3, 0.4) is 0 Å². The summed E-state index contributed by atoms with van der Waals surface area (Å²) >= 11 is 1.50. The zero-order chi connectivity index (χ0) is 12.0. The maximum atomic E-state index is 11.6. The van der Waals surface area contributed by atoms with E-state index in [4.69, 9.17) is 4.74 Å². The van der Waals surface area contributed by atoms with Gasteiger partial charge in [0, 0.05) is 11.4 Å². The van der Waals surface area contributed by atoms with E-state index < -0.39 is 0 Å². The number of nitrogens with one attached hydrogen (secondary N) is 1. The average molecular weight is 239 g/mol. The summed E-state index contributed by atoms with van der Waals surface area (Å²) in [6, 6.07) is 3.78. The highest BCUT2D eigenvalue weighted by atomic mass is 32.1. The molecule has 0 atom stereocenters. The van der Waals surface area contributed by atoms with E-state index in [2.05, 4.69) is 11.9 Å². The van der Waals surface area contributed by atoms with Gasteiger partial charge in [0.25, 0.3) is 5.91 Å². The van der Waals surface area contributed by atoms with Crippen LogP contribution in [0.4, 0.5) is 0 Å². The third-order valence-electron chi connectivity index (χ3n) is 1.84. The first-order chi connectivity index (χ1) is 7.59. The topological polar surface area (TPSA) is 38.3 Å². The molecule has 1 amide bonds. The molecule has 1 aromatic rings. The monoisotopic (exact) mass is 239 g/mol. The van der Waals surface area contributed by atoms with Crippen LogP contribution in [0.15, 0.2) is 24.3 Å². The maximum Gasteiger partial charge on any atom is 0.261 e. The van der Waals surface area contributed by atoms with Gasteiger partial charge in [-0.3, -0.25) is 4.79 Å². The standard InChI is InChI=1S/C12H17NO2S/c1-9(2)8-15-7-6-13-12(14)11-5-4-10(3)16-11/h4-5H,1,6-8H2,2-3H3,(H,13,14). The van der Waals surface area contributed by atoms with Gasteiger partial charge in [-0.25, -0.2) is 0 Å². The number of thiophene rings is 1. The highest BCUT2D eigenvalue weighted by Gasteiger charge is 2.06. The number of aryl methyl sites for hydroxylation is 1. The van der Waals surface area contributed by atoms with E-state index in [1.807, 2.05) is 26.0 Å². The van der Waals surface area contributed by atoms with Gasteiger partial charge in [-0.1, -0.05) is 12.2 Å². The van der Waals surface area contributed by atoms with Gasteiger partial charge < -0.3 is 10.1 Å². The molecule has 0 aliphatic carbocycles. The third-order valence-corrected chi connectivity index (χ3v) is 2.84. The van der Waals surface area contributed by atoms with Crippen LogP contribution < -0.4 is 5.32 Å². The minimum absolute atomic E-state index is 0.0305. The van der Waals surface area contributed by atoms with Crippen molar-refractivity contribution in [3.8, 4) is 0 Å². The molecule has 0 aliphatic rings. The smallest absolute Gasteiger partial charge is 0.261 e. The third kappa shape index (κ3) is 4.59. The second-order valence-corrected chi connectivity index (χ2v) is 4.96. The molecule has 0 spiro atoms. The first kappa shape index (κ1) is 12.9. The van der Waals surface area contributed by atoms with Crippen LogP contribution in [-0.4, -0.2) is 25.7 Å². The fourth-order valence-electron chi connectivity index (χ4n) is 1.13. The second-order valence-electron chi connectivity index (χ2n) is 3.68. The molecule has 1 rings (SSSR count). The quantitative estimate of drug-likeness (QED) is 0.611. The van der Waals surface area contributed by atoms with Crippen LogP contribution in [0, 0.1) is 6.92 Å². The van der Waals surface area contributed by atoms with E-state index in [9.17, 15) is 4.79 Å². The molecule has 1 N–H and O–H groups in total. The molecule has 0 fully saturated rings. The Morgan fingerprint density at radius 3 is 2.88 bits per heavy atom. The number of carbonyl (C=O) groups excluding carboxylic acids is 1. The SMILES string of the molecule is C=C(C)COCCNC(=O)c1ccc(C)s1. The van der Waals surface area contributed by atoms with E-state index >= 15 is 0 Å². The van der Waals surface area contributed by atoms with Crippen LogP contribution in [0.1, 0.15) is 21.5 Å². The van der Waals surface area contributed by atoms with Gasteiger partial charge in [-0.2, -0.15) is 0 Å². The van der Waals surface area contributed by atoms with Gasteiger partial charge in [0.1, 0.15) is 0 Å². The molecule has 16 heavy (non-hydrogen) atoms. The van der Waals surface area contributed by atoms with E-state index in [0.717, 1.165) is 15.3 Å². The maximum absolute atomic E-state index is 11.6. The van der Waals surface area contributed by atoms with Gasteiger partial charge in [-0.05, 0) is 26.0 Å². The second kappa shape index (κ2) is 6.45. The molecule has 0 bridgehead atoms. The van der Waals surface area contributed by atoms with Crippen molar-refractivity contribution in [1.29, 1.82) is 0 Å². The fraction of sp³-hybridized carbons (Fsp3) is 0.417. The van der Waals surface area contributed by atoms with Gasteiger partial charge >= 0.3 is 0 Å². The van der Waals surface area contributed by atoms with E-state index in [0.29, 0.717) is 19.8 Å². The Hall–Kier alpha value is -1.13. The first-order valence-electron chi connectivity index (χ1n) is 5.16. The summed E-state index contributed by atoms with van der Waals surface area (Å²) < 4.78 is 5.28. The normalized spacial score (nSPS) is 10.1. The molecule has 0 unspecified atom stereocenters. The van der Waals surface area contributed by atoms with Crippen molar-refractivity contribution < 1.29 is 9.53 Å². The Morgan fingerprint density at radius 2 is 2.31 bits per heavy atom. The fourth-order valence-corrected chi connectivity index (χ4v) is 1.91. The van der Waals surface area contributed by atoms with E-state index in [1.165, 1.54) is 11.3 Å². The average Bonchev–Trinajstić information content (AvgIpc) is 2.63. The lowest BCUT2D eigenvalue weighted by Crippen LogP contribution is -2.26. The highest BCUT2D eigenvalue weighted by Crippen LogP contribution is 2.14. The van der Waals surface area contributed by atoms with E-state index in [-0.39, 0.29) is 5.91 Å².